The highest BCUT2D eigenvalue weighted by atomic mass is 32.2. The molecular formula is C25H28N2O4S. The van der Waals surface area contributed by atoms with Gasteiger partial charge in [-0.2, -0.15) is 0 Å². The lowest BCUT2D eigenvalue weighted by molar-refractivity contribution is -0.118. The number of rotatable bonds is 8. The van der Waals surface area contributed by atoms with Gasteiger partial charge in [-0.3, -0.25) is 9.10 Å². The van der Waals surface area contributed by atoms with Gasteiger partial charge >= 0.3 is 0 Å². The van der Waals surface area contributed by atoms with Gasteiger partial charge in [0.05, 0.1) is 18.5 Å². The molecule has 7 heteroatoms. The Morgan fingerprint density at radius 1 is 0.875 bits per heavy atom. The summed E-state index contributed by atoms with van der Waals surface area (Å²) in [5.41, 5.74) is 5.40. The largest absolute Gasteiger partial charge is 0.484 e. The number of nitrogens with one attached hydrogen (secondary N) is 1. The predicted octanol–water partition coefficient (Wildman–Crippen LogP) is 4.60. The van der Waals surface area contributed by atoms with Crippen LogP contribution < -0.4 is 14.4 Å². The summed E-state index contributed by atoms with van der Waals surface area (Å²) in [6.45, 7) is 6.01. The first kappa shape index (κ1) is 23.3. The number of sulfonamides is 1. The van der Waals surface area contributed by atoms with Crippen LogP contribution in [0.1, 0.15) is 22.3 Å². The summed E-state index contributed by atoms with van der Waals surface area (Å²) in [5.74, 6) is 0.212. The minimum absolute atomic E-state index is 0.147. The molecule has 0 radical (unpaired) electrons. The summed E-state index contributed by atoms with van der Waals surface area (Å²) in [6, 6.07) is 20.2. The summed E-state index contributed by atoms with van der Waals surface area (Å²) in [4.78, 5) is 12.2. The number of ether oxygens (including phenoxy) is 1. The Morgan fingerprint density at radius 2 is 1.47 bits per heavy atom. The minimum Gasteiger partial charge on any atom is -0.484 e. The van der Waals surface area contributed by atoms with Gasteiger partial charge in [0.25, 0.3) is 5.91 Å². The average molecular weight is 453 g/mol. The number of hydrogen-bond donors (Lipinski definition) is 1. The number of aryl methyl sites for hydroxylation is 3. The van der Waals surface area contributed by atoms with Gasteiger partial charge in [-0.1, -0.05) is 35.9 Å². The Bertz CT molecular complexity index is 1170. The summed E-state index contributed by atoms with van der Waals surface area (Å²) >= 11 is 0. The van der Waals surface area contributed by atoms with Crippen molar-refractivity contribution in [2.24, 2.45) is 0 Å². The second-order valence-corrected chi connectivity index (χ2v) is 9.87. The van der Waals surface area contributed by atoms with E-state index in [1.165, 1.54) is 10.6 Å². The predicted molar refractivity (Wildman–Crippen MR) is 129 cm³/mol. The fourth-order valence-corrected chi connectivity index (χ4v) is 4.25. The first-order valence-electron chi connectivity index (χ1n) is 10.2. The van der Waals surface area contributed by atoms with Crippen LogP contribution in [0.2, 0.25) is 0 Å². The molecule has 0 bridgehead atoms. The van der Waals surface area contributed by atoms with Crippen molar-refractivity contribution in [3.05, 3.63) is 89.0 Å². The van der Waals surface area contributed by atoms with Crippen LogP contribution >= 0.6 is 0 Å². The maximum absolute atomic E-state index is 12.4. The van der Waals surface area contributed by atoms with Crippen LogP contribution in [-0.4, -0.2) is 27.2 Å². The second-order valence-electron chi connectivity index (χ2n) is 7.96. The number of benzene rings is 3. The number of carbonyl (C=O) groups excluding carboxylic acids is 1. The van der Waals surface area contributed by atoms with E-state index in [0.29, 0.717) is 11.4 Å². The smallest absolute Gasteiger partial charge is 0.262 e. The molecule has 0 unspecified atom stereocenters. The number of nitrogens with zero attached hydrogens (tertiary/aromatic N) is 1. The van der Waals surface area contributed by atoms with Crippen LogP contribution in [0.15, 0.2) is 66.7 Å². The van der Waals surface area contributed by atoms with Gasteiger partial charge in [0.1, 0.15) is 5.75 Å². The third kappa shape index (κ3) is 6.59. The van der Waals surface area contributed by atoms with E-state index in [1.54, 1.807) is 24.3 Å². The van der Waals surface area contributed by atoms with Gasteiger partial charge in [0, 0.05) is 5.69 Å². The second kappa shape index (κ2) is 9.87. The molecule has 6 nitrogen and oxygen atoms in total. The maximum atomic E-state index is 12.4. The van der Waals surface area contributed by atoms with Gasteiger partial charge in [-0.25, -0.2) is 8.42 Å². The summed E-state index contributed by atoms with van der Waals surface area (Å²) in [6.07, 6.45) is 1.18. The highest BCUT2D eigenvalue weighted by Gasteiger charge is 2.18. The van der Waals surface area contributed by atoms with Crippen molar-refractivity contribution in [2.75, 3.05) is 22.5 Å². The zero-order valence-corrected chi connectivity index (χ0v) is 19.6. The van der Waals surface area contributed by atoms with Gasteiger partial charge in [0.2, 0.25) is 10.0 Å². The van der Waals surface area contributed by atoms with E-state index in [9.17, 15) is 13.2 Å². The van der Waals surface area contributed by atoms with Crippen LogP contribution in [0.3, 0.4) is 0 Å². The summed E-state index contributed by atoms with van der Waals surface area (Å²) < 4.78 is 31.6. The van der Waals surface area contributed by atoms with Gasteiger partial charge in [-0.15, -0.1) is 0 Å². The molecule has 32 heavy (non-hydrogen) atoms. The fourth-order valence-electron chi connectivity index (χ4n) is 3.36. The highest BCUT2D eigenvalue weighted by molar-refractivity contribution is 7.92. The number of hydrogen-bond acceptors (Lipinski definition) is 4. The van der Waals surface area contributed by atoms with Crippen molar-refractivity contribution in [1.82, 2.24) is 0 Å². The minimum atomic E-state index is -3.48. The van der Waals surface area contributed by atoms with Crippen molar-refractivity contribution in [3.63, 3.8) is 0 Å². The lowest BCUT2D eigenvalue weighted by atomic mass is 10.1. The summed E-state index contributed by atoms with van der Waals surface area (Å²) in [7, 11) is -3.48. The highest BCUT2D eigenvalue weighted by Crippen LogP contribution is 2.24. The lowest BCUT2D eigenvalue weighted by Gasteiger charge is -2.23. The van der Waals surface area contributed by atoms with Crippen molar-refractivity contribution in [2.45, 2.75) is 27.3 Å². The van der Waals surface area contributed by atoms with Crippen molar-refractivity contribution in [3.8, 4) is 5.75 Å². The Hall–Kier alpha value is -3.32. The molecule has 3 rings (SSSR count). The van der Waals surface area contributed by atoms with E-state index in [0.717, 1.165) is 27.9 Å². The molecule has 0 spiro atoms. The molecule has 0 heterocycles. The normalized spacial score (nSPS) is 11.1. The van der Waals surface area contributed by atoms with Crippen molar-refractivity contribution >= 4 is 27.3 Å². The number of amides is 1. The SMILES string of the molecule is Cc1ccc(CN(c2ccc(OCC(=O)Nc3cc(C)cc(C)c3)cc2)S(C)(=O)=O)cc1. The van der Waals surface area contributed by atoms with Crippen LogP contribution in [0.4, 0.5) is 11.4 Å². The number of carbonyl (C=O) groups is 1. The molecule has 0 saturated carbocycles. The molecule has 0 atom stereocenters. The van der Waals surface area contributed by atoms with E-state index < -0.39 is 10.0 Å². The molecule has 0 aliphatic carbocycles. The van der Waals surface area contributed by atoms with Gasteiger partial charge < -0.3 is 10.1 Å². The first-order valence-corrected chi connectivity index (χ1v) is 12.1. The van der Waals surface area contributed by atoms with E-state index in [1.807, 2.05) is 63.2 Å². The fraction of sp³-hybridized carbons (Fsp3) is 0.240. The molecule has 1 amide bonds. The Labute approximate surface area is 189 Å². The molecule has 0 aliphatic heterocycles. The van der Waals surface area contributed by atoms with Crippen LogP contribution in [0.25, 0.3) is 0 Å². The van der Waals surface area contributed by atoms with Crippen molar-refractivity contribution in [1.29, 1.82) is 0 Å². The Morgan fingerprint density at radius 3 is 2.03 bits per heavy atom. The molecular weight excluding hydrogens is 424 g/mol. The molecule has 3 aromatic rings. The van der Waals surface area contributed by atoms with Crippen LogP contribution in [0.5, 0.6) is 5.75 Å². The molecule has 0 aromatic heterocycles. The molecule has 0 fully saturated rings. The monoisotopic (exact) mass is 452 g/mol. The van der Waals surface area contributed by atoms with E-state index >= 15 is 0 Å². The zero-order valence-electron chi connectivity index (χ0n) is 18.8. The molecule has 0 saturated heterocycles. The summed E-state index contributed by atoms with van der Waals surface area (Å²) in [5, 5.41) is 2.82. The quantitative estimate of drug-likeness (QED) is 0.542. The van der Waals surface area contributed by atoms with E-state index in [2.05, 4.69) is 5.32 Å². The molecule has 1 N–H and O–H groups in total. The van der Waals surface area contributed by atoms with Crippen LogP contribution in [-0.2, 0) is 21.4 Å². The topological polar surface area (TPSA) is 75.7 Å². The Balaban J connectivity index is 1.64. The maximum Gasteiger partial charge on any atom is 0.262 e. The molecule has 0 aliphatic rings. The lowest BCUT2D eigenvalue weighted by Crippen LogP contribution is -2.29. The zero-order chi connectivity index (χ0) is 23.3. The third-order valence-electron chi connectivity index (χ3n) is 4.85. The van der Waals surface area contributed by atoms with E-state index in [-0.39, 0.29) is 19.1 Å². The van der Waals surface area contributed by atoms with E-state index in [4.69, 9.17) is 4.74 Å². The van der Waals surface area contributed by atoms with Gasteiger partial charge in [0.15, 0.2) is 6.61 Å². The van der Waals surface area contributed by atoms with Gasteiger partial charge in [-0.05, 0) is 73.9 Å². The number of anilines is 2. The first-order chi connectivity index (χ1) is 15.1. The van der Waals surface area contributed by atoms with Crippen molar-refractivity contribution < 1.29 is 17.9 Å². The third-order valence-corrected chi connectivity index (χ3v) is 5.99. The molecule has 3 aromatic carbocycles. The Kier molecular flexibility index (Phi) is 7.20. The van der Waals surface area contributed by atoms with Crippen LogP contribution in [0, 0.1) is 20.8 Å². The average Bonchev–Trinajstić information content (AvgIpc) is 2.71. The standard InChI is InChI=1S/C25H28N2O4S/c1-18-5-7-21(8-6-18)16-27(32(4,29)30)23-9-11-24(12-10-23)31-17-25(28)26-22-14-19(2)13-20(3)15-22/h5-15H,16-17H2,1-4H3,(H,26,28). The molecule has 168 valence electrons.